The quantitative estimate of drug-likeness (QED) is 0.516. The molecule has 1 fully saturated rings. The van der Waals surface area contributed by atoms with Gasteiger partial charge < -0.3 is 15.0 Å². The number of rotatable bonds is 6. The summed E-state index contributed by atoms with van der Waals surface area (Å²) in [4.78, 5) is 15.8. The molecule has 0 spiro atoms. The number of carbonyl (C=O) groups is 1. The average Bonchev–Trinajstić information content (AvgIpc) is 2.29. The number of ether oxygens (including phenoxy) is 1. The summed E-state index contributed by atoms with van der Waals surface area (Å²) in [6, 6.07) is 0.538. The molecule has 1 N–H and O–H groups in total. The van der Waals surface area contributed by atoms with E-state index in [9.17, 15) is 4.79 Å². The third-order valence-corrected chi connectivity index (χ3v) is 3.17. The zero-order valence-corrected chi connectivity index (χ0v) is 11.2. The van der Waals surface area contributed by atoms with E-state index in [1.807, 2.05) is 6.92 Å². The molecule has 0 aliphatic carbocycles. The van der Waals surface area contributed by atoms with Crippen molar-refractivity contribution in [1.82, 2.24) is 15.1 Å². The molecule has 1 aliphatic heterocycles. The lowest BCUT2D eigenvalue weighted by molar-refractivity contribution is -0.142. The van der Waals surface area contributed by atoms with Gasteiger partial charge in [-0.15, -0.1) is 0 Å². The van der Waals surface area contributed by atoms with Gasteiger partial charge in [0.15, 0.2) is 0 Å². The van der Waals surface area contributed by atoms with Gasteiger partial charge in [-0.3, -0.25) is 9.69 Å². The molecule has 0 radical (unpaired) electrons. The van der Waals surface area contributed by atoms with Gasteiger partial charge in [-0.05, 0) is 21.0 Å². The van der Waals surface area contributed by atoms with Crippen LogP contribution in [0.4, 0.5) is 0 Å². The Morgan fingerprint density at radius 2 is 2.18 bits per heavy atom. The van der Waals surface area contributed by atoms with Crippen LogP contribution in [0.1, 0.15) is 13.3 Å². The van der Waals surface area contributed by atoms with Crippen LogP contribution in [0.5, 0.6) is 0 Å². The van der Waals surface area contributed by atoms with E-state index < -0.39 is 0 Å². The number of likely N-dealkylation sites (N-methyl/N-ethyl adjacent to an activating group) is 2. The summed E-state index contributed by atoms with van der Waals surface area (Å²) >= 11 is 0. The molecule has 1 atom stereocenters. The highest BCUT2D eigenvalue weighted by Crippen LogP contribution is 2.04. The van der Waals surface area contributed by atoms with E-state index in [1.165, 1.54) is 0 Å². The number of piperazine rings is 1. The van der Waals surface area contributed by atoms with E-state index in [0.717, 1.165) is 26.2 Å². The van der Waals surface area contributed by atoms with E-state index in [2.05, 4.69) is 29.2 Å². The minimum Gasteiger partial charge on any atom is -0.466 e. The van der Waals surface area contributed by atoms with Crippen LogP contribution in [0, 0.1) is 0 Å². The van der Waals surface area contributed by atoms with Crippen LogP contribution in [0.25, 0.3) is 0 Å². The molecular weight excluding hydrogens is 218 g/mol. The van der Waals surface area contributed by atoms with Crippen molar-refractivity contribution >= 4 is 5.97 Å². The highest BCUT2D eigenvalue weighted by molar-refractivity contribution is 5.69. The molecule has 0 aromatic rings. The summed E-state index contributed by atoms with van der Waals surface area (Å²) in [5, 5.41) is 3.33. The molecule has 0 amide bonds. The highest BCUT2D eigenvalue weighted by atomic mass is 16.5. The number of esters is 1. The van der Waals surface area contributed by atoms with E-state index in [4.69, 9.17) is 4.74 Å². The lowest BCUT2D eigenvalue weighted by Crippen LogP contribution is -2.53. The molecule has 17 heavy (non-hydrogen) atoms. The standard InChI is InChI=1S/C12H25N3O2/c1-4-17-12(16)5-6-13-9-11-10-14(2)7-8-15(11)3/h11,13H,4-10H2,1-3H3. The molecule has 0 aromatic heterocycles. The molecule has 1 heterocycles. The molecule has 0 saturated carbocycles. The van der Waals surface area contributed by atoms with Crippen LogP contribution >= 0.6 is 0 Å². The summed E-state index contributed by atoms with van der Waals surface area (Å²) in [7, 11) is 4.31. The van der Waals surface area contributed by atoms with Crippen LogP contribution in [0.15, 0.2) is 0 Å². The van der Waals surface area contributed by atoms with Crippen molar-refractivity contribution in [2.45, 2.75) is 19.4 Å². The monoisotopic (exact) mass is 243 g/mol. The molecule has 1 aliphatic rings. The zero-order valence-electron chi connectivity index (χ0n) is 11.2. The van der Waals surface area contributed by atoms with Crippen LogP contribution in [-0.4, -0.2) is 75.2 Å². The van der Waals surface area contributed by atoms with E-state index in [-0.39, 0.29) is 5.97 Å². The molecule has 0 bridgehead atoms. The summed E-state index contributed by atoms with van der Waals surface area (Å²) in [6.07, 6.45) is 0.458. The van der Waals surface area contributed by atoms with E-state index in [0.29, 0.717) is 25.6 Å². The Kier molecular flexibility index (Phi) is 6.47. The molecule has 1 saturated heterocycles. The topological polar surface area (TPSA) is 44.8 Å². The van der Waals surface area contributed by atoms with Gasteiger partial charge in [0.1, 0.15) is 0 Å². The predicted octanol–water partition coefficient (Wildman–Crippen LogP) is -0.225. The fourth-order valence-corrected chi connectivity index (χ4v) is 2.01. The first-order valence-corrected chi connectivity index (χ1v) is 6.38. The normalized spacial score (nSPS) is 22.6. The van der Waals surface area contributed by atoms with Gasteiger partial charge in [-0.25, -0.2) is 0 Å². The summed E-state index contributed by atoms with van der Waals surface area (Å²) in [6.45, 7) is 7.26. The average molecular weight is 243 g/mol. The highest BCUT2D eigenvalue weighted by Gasteiger charge is 2.21. The van der Waals surface area contributed by atoms with Crippen molar-refractivity contribution in [3.8, 4) is 0 Å². The van der Waals surface area contributed by atoms with Crippen molar-refractivity contribution < 1.29 is 9.53 Å². The zero-order chi connectivity index (χ0) is 12.7. The maximum atomic E-state index is 11.1. The lowest BCUT2D eigenvalue weighted by atomic mass is 10.2. The smallest absolute Gasteiger partial charge is 0.307 e. The molecule has 1 unspecified atom stereocenters. The Morgan fingerprint density at radius 1 is 1.41 bits per heavy atom. The molecule has 100 valence electrons. The van der Waals surface area contributed by atoms with Crippen molar-refractivity contribution in [3.05, 3.63) is 0 Å². The van der Waals surface area contributed by atoms with Crippen LogP contribution < -0.4 is 5.32 Å². The van der Waals surface area contributed by atoms with Crippen molar-refractivity contribution in [2.75, 3.05) is 53.4 Å². The largest absolute Gasteiger partial charge is 0.466 e. The van der Waals surface area contributed by atoms with Gasteiger partial charge in [-0.2, -0.15) is 0 Å². The summed E-state index contributed by atoms with van der Waals surface area (Å²) in [5.74, 6) is -0.117. The van der Waals surface area contributed by atoms with Gasteiger partial charge in [0.25, 0.3) is 0 Å². The Bertz CT molecular complexity index is 236. The minimum absolute atomic E-state index is 0.117. The molecule has 0 aromatic carbocycles. The number of carbonyl (C=O) groups excluding carboxylic acids is 1. The predicted molar refractivity (Wildman–Crippen MR) is 68.0 cm³/mol. The second-order valence-corrected chi connectivity index (χ2v) is 4.66. The SMILES string of the molecule is CCOC(=O)CCNCC1CN(C)CCN1C. The first kappa shape index (κ1) is 14.4. The Hall–Kier alpha value is -0.650. The minimum atomic E-state index is -0.117. The van der Waals surface area contributed by atoms with Crippen LogP contribution in [0.2, 0.25) is 0 Å². The van der Waals surface area contributed by atoms with E-state index in [1.54, 1.807) is 0 Å². The number of hydrogen-bond acceptors (Lipinski definition) is 5. The maximum absolute atomic E-state index is 11.1. The Morgan fingerprint density at radius 3 is 2.88 bits per heavy atom. The third kappa shape index (κ3) is 5.48. The van der Waals surface area contributed by atoms with Gasteiger partial charge in [0.2, 0.25) is 0 Å². The summed E-state index contributed by atoms with van der Waals surface area (Å²) < 4.78 is 4.87. The third-order valence-electron chi connectivity index (χ3n) is 3.17. The van der Waals surface area contributed by atoms with Crippen LogP contribution in [-0.2, 0) is 9.53 Å². The van der Waals surface area contributed by atoms with Crippen molar-refractivity contribution in [2.24, 2.45) is 0 Å². The second-order valence-electron chi connectivity index (χ2n) is 4.66. The van der Waals surface area contributed by atoms with Crippen molar-refractivity contribution in [3.63, 3.8) is 0 Å². The van der Waals surface area contributed by atoms with Crippen molar-refractivity contribution in [1.29, 1.82) is 0 Å². The Balaban J connectivity index is 2.11. The molecule has 5 heteroatoms. The number of nitrogens with zero attached hydrogens (tertiary/aromatic N) is 2. The Labute approximate surface area is 104 Å². The van der Waals surface area contributed by atoms with Crippen LogP contribution in [0.3, 0.4) is 0 Å². The number of hydrogen-bond donors (Lipinski definition) is 1. The molecule has 5 nitrogen and oxygen atoms in total. The van der Waals surface area contributed by atoms with Gasteiger partial charge in [0.05, 0.1) is 13.0 Å². The lowest BCUT2D eigenvalue weighted by Gasteiger charge is -2.37. The second kappa shape index (κ2) is 7.63. The maximum Gasteiger partial charge on any atom is 0.307 e. The fraction of sp³-hybridized carbons (Fsp3) is 0.917. The fourth-order valence-electron chi connectivity index (χ4n) is 2.01. The number of nitrogens with one attached hydrogen (secondary N) is 1. The molecule has 1 rings (SSSR count). The first-order valence-electron chi connectivity index (χ1n) is 6.38. The van der Waals surface area contributed by atoms with Gasteiger partial charge in [0, 0.05) is 38.8 Å². The van der Waals surface area contributed by atoms with Gasteiger partial charge >= 0.3 is 5.97 Å². The molecular formula is C12H25N3O2. The first-order chi connectivity index (χ1) is 8.13. The summed E-state index contributed by atoms with van der Waals surface area (Å²) in [5.41, 5.74) is 0. The van der Waals surface area contributed by atoms with Gasteiger partial charge in [-0.1, -0.05) is 0 Å². The van der Waals surface area contributed by atoms with E-state index >= 15 is 0 Å².